The van der Waals surface area contributed by atoms with Crippen molar-refractivity contribution in [3.8, 4) is 11.8 Å². The fraction of sp³-hybridized carbons (Fsp3) is 0.500. The molecule has 1 saturated carbocycles. The van der Waals surface area contributed by atoms with Gasteiger partial charge in [0.15, 0.2) is 0 Å². The zero-order valence-electron chi connectivity index (χ0n) is 10.5. The molecule has 0 bridgehead atoms. The Bertz CT molecular complexity index is 483. The predicted molar refractivity (Wildman–Crippen MR) is 74.5 cm³/mol. The molecule has 0 saturated heterocycles. The number of carbonyl (C=O) groups excluding carboxylic acids is 1. The molecule has 1 heterocycles. The third kappa shape index (κ3) is 3.34. The molecule has 96 valence electrons. The van der Waals surface area contributed by atoms with Crippen molar-refractivity contribution in [1.29, 1.82) is 0 Å². The minimum Gasteiger partial charge on any atom is -0.349 e. The Hall–Kier alpha value is -1.31. The van der Waals surface area contributed by atoms with Crippen LogP contribution in [0.15, 0.2) is 11.4 Å². The molecule has 4 heteroatoms. The number of carbonyl (C=O) groups is 1. The quantitative estimate of drug-likeness (QED) is 0.801. The van der Waals surface area contributed by atoms with Crippen molar-refractivity contribution < 1.29 is 4.79 Å². The highest BCUT2D eigenvalue weighted by Gasteiger charge is 2.23. The third-order valence-electron chi connectivity index (χ3n) is 3.21. The number of nitrogens with one attached hydrogen (secondary N) is 1. The van der Waals surface area contributed by atoms with E-state index in [4.69, 9.17) is 5.73 Å². The van der Waals surface area contributed by atoms with Crippen LogP contribution in [-0.2, 0) is 0 Å². The maximum absolute atomic E-state index is 12.0. The molecule has 1 aliphatic rings. The van der Waals surface area contributed by atoms with Gasteiger partial charge < -0.3 is 11.1 Å². The van der Waals surface area contributed by atoms with E-state index in [1.54, 1.807) is 0 Å². The van der Waals surface area contributed by atoms with Crippen molar-refractivity contribution in [3.63, 3.8) is 0 Å². The van der Waals surface area contributed by atoms with Crippen LogP contribution in [0.3, 0.4) is 0 Å². The van der Waals surface area contributed by atoms with E-state index in [9.17, 15) is 4.79 Å². The molecule has 2 atom stereocenters. The average molecular weight is 262 g/mol. The summed E-state index contributed by atoms with van der Waals surface area (Å²) in [5.74, 6) is 6.48. The van der Waals surface area contributed by atoms with Gasteiger partial charge >= 0.3 is 0 Å². The molecule has 18 heavy (non-hydrogen) atoms. The molecule has 0 spiro atoms. The van der Waals surface area contributed by atoms with Crippen LogP contribution in [0, 0.1) is 17.8 Å². The van der Waals surface area contributed by atoms with Crippen molar-refractivity contribution in [2.75, 3.05) is 6.54 Å². The fourth-order valence-electron chi connectivity index (χ4n) is 2.27. The average Bonchev–Trinajstić information content (AvgIpc) is 2.96. The van der Waals surface area contributed by atoms with Gasteiger partial charge in [-0.1, -0.05) is 18.8 Å². The maximum atomic E-state index is 12.0. The van der Waals surface area contributed by atoms with E-state index in [1.807, 2.05) is 11.4 Å². The molecule has 1 aromatic heterocycles. The molecular formula is C14H18N2OS. The summed E-state index contributed by atoms with van der Waals surface area (Å²) in [5.41, 5.74) is 6.03. The maximum Gasteiger partial charge on any atom is 0.252 e. The third-order valence-corrected chi connectivity index (χ3v) is 4.05. The summed E-state index contributed by atoms with van der Waals surface area (Å²) in [7, 11) is 0. The summed E-state index contributed by atoms with van der Waals surface area (Å²) in [6.45, 7) is 2.58. The number of hydrogen-bond acceptors (Lipinski definition) is 3. The summed E-state index contributed by atoms with van der Waals surface area (Å²) in [6, 6.07) is 2.17. The van der Waals surface area contributed by atoms with Crippen molar-refractivity contribution >= 4 is 17.2 Å². The molecule has 1 fully saturated rings. The molecule has 0 aromatic carbocycles. The van der Waals surface area contributed by atoms with Gasteiger partial charge in [-0.2, -0.15) is 0 Å². The molecule has 2 rings (SSSR count). The summed E-state index contributed by atoms with van der Waals surface area (Å²) in [4.78, 5) is 12.9. The van der Waals surface area contributed by atoms with E-state index in [0.717, 1.165) is 23.6 Å². The second-order valence-electron chi connectivity index (χ2n) is 4.79. The van der Waals surface area contributed by atoms with Gasteiger partial charge in [0, 0.05) is 11.4 Å². The lowest BCUT2D eigenvalue weighted by atomic mass is 10.1. The van der Waals surface area contributed by atoms with Crippen molar-refractivity contribution in [2.45, 2.75) is 32.2 Å². The lowest BCUT2D eigenvalue weighted by molar-refractivity contribution is 0.0938. The van der Waals surface area contributed by atoms with Gasteiger partial charge in [-0.15, -0.1) is 11.3 Å². The molecule has 1 amide bonds. The first-order valence-corrected chi connectivity index (χ1v) is 7.15. The SMILES string of the molecule is CC1CCC(NC(=O)c2csc(C#CCN)c2)C1. The molecule has 2 unspecified atom stereocenters. The second-order valence-corrected chi connectivity index (χ2v) is 5.71. The number of nitrogens with two attached hydrogens (primary N) is 1. The highest BCUT2D eigenvalue weighted by Crippen LogP contribution is 2.25. The van der Waals surface area contributed by atoms with Gasteiger partial charge in [0.25, 0.3) is 5.91 Å². The van der Waals surface area contributed by atoms with E-state index in [0.29, 0.717) is 18.2 Å². The smallest absolute Gasteiger partial charge is 0.252 e. The van der Waals surface area contributed by atoms with Crippen LogP contribution in [0.1, 0.15) is 41.4 Å². The van der Waals surface area contributed by atoms with Crippen LogP contribution >= 0.6 is 11.3 Å². The van der Waals surface area contributed by atoms with Crippen LogP contribution in [-0.4, -0.2) is 18.5 Å². The van der Waals surface area contributed by atoms with Crippen LogP contribution in [0.5, 0.6) is 0 Å². The number of hydrogen-bond donors (Lipinski definition) is 2. The Morgan fingerprint density at radius 2 is 2.44 bits per heavy atom. The molecular weight excluding hydrogens is 244 g/mol. The zero-order chi connectivity index (χ0) is 13.0. The van der Waals surface area contributed by atoms with E-state index in [1.165, 1.54) is 17.8 Å². The van der Waals surface area contributed by atoms with Gasteiger partial charge in [-0.3, -0.25) is 4.79 Å². The fourth-order valence-corrected chi connectivity index (χ4v) is 3.02. The van der Waals surface area contributed by atoms with Crippen LogP contribution in [0.2, 0.25) is 0 Å². The summed E-state index contributed by atoms with van der Waals surface area (Å²) >= 11 is 1.49. The highest BCUT2D eigenvalue weighted by molar-refractivity contribution is 7.10. The first kappa shape index (κ1) is 13.1. The van der Waals surface area contributed by atoms with E-state index in [2.05, 4.69) is 24.1 Å². The lowest BCUT2D eigenvalue weighted by Crippen LogP contribution is -2.32. The Labute approximate surface area is 112 Å². The van der Waals surface area contributed by atoms with E-state index < -0.39 is 0 Å². The number of amides is 1. The Kier molecular flexibility index (Phi) is 4.40. The van der Waals surface area contributed by atoms with Crippen LogP contribution in [0.25, 0.3) is 0 Å². The summed E-state index contributed by atoms with van der Waals surface area (Å²) < 4.78 is 0. The molecule has 3 nitrogen and oxygen atoms in total. The Morgan fingerprint density at radius 3 is 3.11 bits per heavy atom. The minimum absolute atomic E-state index is 0.0196. The normalized spacial score (nSPS) is 22.3. The summed E-state index contributed by atoms with van der Waals surface area (Å²) in [6.07, 6.45) is 3.40. The number of rotatable bonds is 2. The van der Waals surface area contributed by atoms with Gasteiger partial charge in [-0.25, -0.2) is 0 Å². The Balaban J connectivity index is 1.94. The molecule has 0 radical (unpaired) electrons. The van der Waals surface area contributed by atoms with Gasteiger partial charge in [-0.05, 0) is 31.2 Å². The molecule has 1 aliphatic carbocycles. The van der Waals surface area contributed by atoms with Gasteiger partial charge in [0.1, 0.15) is 0 Å². The van der Waals surface area contributed by atoms with Gasteiger partial charge in [0.2, 0.25) is 0 Å². The monoisotopic (exact) mass is 262 g/mol. The predicted octanol–water partition coefficient (Wildman–Crippen LogP) is 1.98. The first-order chi connectivity index (χ1) is 8.69. The molecule has 3 N–H and O–H groups in total. The van der Waals surface area contributed by atoms with E-state index in [-0.39, 0.29) is 5.91 Å². The largest absolute Gasteiger partial charge is 0.349 e. The standard InChI is InChI=1S/C14H18N2OS/c1-10-4-5-12(7-10)16-14(17)11-8-13(18-9-11)3-2-6-15/h8-10,12H,4-7,15H2,1H3,(H,16,17). The van der Waals surface area contributed by atoms with Crippen molar-refractivity contribution in [2.24, 2.45) is 11.7 Å². The lowest BCUT2D eigenvalue weighted by Gasteiger charge is -2.11. The minimum atomic E-state index is 0.0196. The second kappa shape index (κ2) is 6.03. The highest BCUT2D eigenvalue weighted by atomic mass is 32.1. The zero-order valence-corrected chi connectivity index (χ0v) is 11.3. The molecule has 1 aromatic rings. The molecule has 0 aliphatic heterocycles. The van der Waals surface area contributed by atoms with Crippen LogP contribution < -0.4 is 11.1 Å². The van der Waals surface area contributed by atoms with Gasteiger partial charge in [0.05, 0.1) is 17.0 Å². The Morgan fingerprint density at radius 1 is 1.61 bits per heavy atom. The summed E-state index contributed by atoms with van der Waals surface area (Å²) in [5, 5.41) is 4.95. The topological polar surface area (TPSA) is 55.1 Å². The number of thiophene rings is 1. The van der Waals surface area contributed by atoms with Crippen LogP contribution in [0.4, 0.5) is 0 Å². The van der Waals surface area contributed by atoms with Crippen molar-refractivity contribution in [1.82, 2.24) is 5.32 Å². The first-order valence-electron chi connectivity index (χ1n) is 6.27. The van der Waals surface area contributed by atoms with E-state index >= 15 is 0 Å². The van der Waals surface area contributed by atoms with Crippen molar-refractivity contribution in [3.05, 3.63) is 21.9 Å².